The lowest BCUT2D eigenvalue weighted by atomic mass is 9.50. The van der Waals surface area contributed by atoms with Crippen LogP contribution >= 0.6 is 0 Å². The zero-order valence-electron chi connectivity index (χ0n) is 15.4. The van der Waals surface area contributed by atoms with E-state index in [1.165, 1.54) is 5.57 Å². The maximum absolute atomic E-state index is 10.0. The monoisotopic (exact) mass is 340 g/mol. The Labute approximate surface area is 146 Å². The van der Waals surface area contributed by atoms with E-state index in [4.69, 9.17) is 5.11 Å². The first kappa shape index (κ1) is 19.9. The van der Waals surface area contributed by atoms with Gasteiger partial charge in [-0.05, 0) is 61.7 Å². The van der Waals surface area contributed by atoms with Gasteiger partial charge in [-0.2, -0.15) is 0 Å². The molecule has 1 fully saturated rings. The van der Waals surface area contributed by atoms with E-state index in [9.17, 15) is 15.3 Å². The number of hydrogen-bond donors (Lipinski definition) is 4. The second-order valence-corrected chi connectivity index (χ2v) is 8.44. The predicted octanol–water partition coefficient (Wildman–Crippen LogP) is 2.50. The van der Waals surface area contributed by atoms with Crippen molar-refractivity contribution < 1.29 is 20.4 Å². The van der Waals surface area contributed by atoms with Crippen molar-refractivity contribution in [1.82, 2.24) is 0 Å². The van der Waals surface area contributed by atoms with E-state index in [1.807, 2.05) is 0 Å². The first-order valence-electron chi connectivity index (χ1n) is 9.62. The zero-order chi connectivity index (χ0) is 17.8. The van der Waals surface area contributed by atoms with Crippen LogP contribution < -0.4 is 0 Å². The smallest absolute Gasteiger partial charge is 0.0547 e. The van der Waals surface area contributed by atoms with Gasteiger partial charge in [0.2, 0.25) is 0 Å². The molecule has 0 aromatic rings. The molecule has 4 nitrogen and oxygen atoms in total. The molecule has 0 radical (unpaired) electrons. The molecule has 0 bridgehead atoms. The van der Waals surface area contributed by atoms with Gasteiger partial charge in [-0.3, -0.25) is 0 Å². The molecule has 0 spiro atoms. The summed E-state index contributed by atoms with van der Waals surface area (Å²) in [4.78, 5) is 0. The van der Waals surface area contributed by atoms with Crippen molar-refractivity contribution >= 4 is 0 Å². The van der Waals surface area contributed by atoms with Crippen molar-refractivity contribution in [3.8, 4) is 0 Å². The van der Waals surface area contributed by atoms with Crippen molar-refractivity contribution in [2.75, 3.05) is 26.4 Å². The molecule has 2 rings (SSSR count). The van der Waals surface area contributed by atoms with E-state index >= 15 is 0 Å². The minimum Gasteiger partial charge on any atom is -0.396 e. The molecule has 2 aliphatic carbocycles. The van der Waals surface area contributed by atoms with Crippen LogP contribution in [-0.4, -0.2) is 46.9 Å². The normalized spacial score (nSPS) is 33.7. The third-order valence-corrected chi connectivity index (χ3v) is 7.02. The fraction of sp³-hybridized carbons (Fsp3) is 0.900. The molecular weight excluding hydrogens is 304 g/mol. The highest BCUT2D eigenvalue weighted by atomic mass is 16.3. The summed E-state index contributed by atoms with van der Waals surface area (Å²) in [6.45, 7) is 4.94. The number of fused-ring (bicyclic) bond motifs is 1. The lowest BCUT2D eigenvalue weighted by Crippen LogP contribution is -2.49. The maximum Gasteiger partial charge on any atom is 0.0547 e. The van der Waals surface area contributed by atoms with Crippen LogP contribution in [0.15, 0.2) is 11.6 Å². The molecule has 4 unspecified atom stereocenters. The summed E-state index contributed by atoms with van der Waals surface area (Å²) in [5, 5.41) is 38.7. The van der Waals surface area contributed by atoms with Crippen LogP contribution in [0.1, 0.15) is 58.8 Å². The van der Waals surface area contributed by atoms with E-state index < -0.39 is 5.41 Å². The van der Waals surface area contributed by atoms with E-state index in [-0.39, 0.29) is 37.8 Å². The standard InChI is InChI=1S/C20H36O4/c1-15-4-7-18-19(2,9-3-10-20(18,13-23)14-24)17(15)6-5-16(12-22)8-11-21/h7,15-17,21-24H,3-6,8-14H2,1-2H3. The second-order valence-electron chi connectivity index (χ2n) is 8.44. The van der Waals surface area contributed by atoms with Crippen LogP contribution in [0.4, 0.5) is 0 Å². The van der Waals surface area contributed by atoms with Crippen molar-refractivity contribution in [2.45, 2.75) is 58.8 Å². The van der Waals surface area contributed by atoms with Gasteiger partial charge >= 0.3 is 0 Å². The average Bonchev–Trinajstić information content (AvgIpc) is 2.58. The largest absolute Gasteiger partial charge is 0.396 e. The van der Waals surface area contributed by atoms with Gasteiger partial charge in [0.1, 0.15) is 0 Å². The molecule has 0 aromatic carbocycles. The van der Waals surface area contributed by atoms with Crippen molar-refractivity contribution in [1.29, 1.82) is 0 Å². The predicted molar refractivity (Wildman–Crippen MR) is 95.4 cm³/mol. The summed E-state index contributed by atoms with van der Waals surface area (Å²) in [5.41, 5.74) is 0.852. The van der Waals surface area contributed by atoms with Crippen LogP contribution in [0.3, 0.4) is 0 Å². The van der Waals surface area contributed by atoms with Gasteiger partial charge in [0.25, 0.3) is 0 Å². The first-order chi connectivity index (χ1) is 11.5. The molecule has 24 heavy (non-hydrogen) atoms. The third kappa shape index (κ3) is 3.57. The van der Waals surface area contributed by atoms with E-state index in [1.54, 1.807) is 0 Å². The Morgan fingerprint density at radius 1 is 1.12 bits per heavy atom. The summed E-state index contributed by atoms with van der Waals surface area (Å²) in [5.74, 6) is 1.24. The topological polar surface area (TPSA) is 80.9 Å². The minimum atomic E-state index is -0.452. The quantitative estimate of drug-likeness (QED) is 0.512. The second kappa shape index (κ2) is 8.31. The highest BCUT2D eigenvalue weighted by molar-refractivity contribution is 5.29. The molecule has 0 saturated heterocycles. The fourth-order valence-corrected chi connectivity index (χ4v) is 5.51. The van der Waals surface area contributed by atoms with Crippen LogP contribution in [-0.2, 0) is 0 Å². The molecule has 1 saturated carbocycles. The lowest BCUT2D eigenvalue weighted by Gasteiger charge is -2.55. The summed E-state index contributed by atoms with van der Waals surface area (Å²) in [7, 11) is 0. The first-order valence-corrected chi connectivity index (χ1v) is 9.62. The Bertz CT molecular complexity index is 429. The summed E-state index contributed by atoms with van der Waals surface area (Å²) >= 11 is 0. The van der Waals surface area contributed by atoms with Crippen molar-refractivity contribution in [3.63, 3.8) is 0 Å². The number of hydrogen-bond acceptors (Lipinski definition) is 4. The van der Waals surface area contributed by atoms with Gasteiger partial charge < -0.3 is 20.4 Å². The molecule has 4 N–H and O–H groups in total. The van der Waals surface area contributed by atoms with E-state index in [0.29, 0.717) is 18.3 Å². The molecule has 140 valence electrons. The number of aliphatic hydroxyl groups excluding tert-OH is 4. The van der Waals surface area contributed by atoms with Gasteiger partial charge in [0.15, 0.2) is 0 Å². The molecule has 2 aliphatic rings. The van der Waals surface area contributed by atoms with Gasteiger partial charge in [0.05, 0.1) is 13.2 Å². The molecular formula is C20H36O4. The highest BCUT2D eigenvalue weighted by Crippen LogP contribution is 2.59. The van der Waals surface area contributed by atoms with Crippen LogP contribution in [0.25, 0.3) is 0 Å². The van der Waals surface area contributed by atoms with Crippen LogP contribution in [0.2, 0.25) is 0 Å². The van der Waals surface area contributed by atoms with Crippen LogP contribution in [0.5, 0.6) is 0 Å². The number of allylic oxidation sites excluding steroid dienone is 1. The zero-order valence-corrected chi connectivity index (χ0v) is 15.4. The van der Waals surface area contributed by atoms with E-state index in [2.05, 4.69) is 19.9 Å². The van der Waals surface area contributed by atoms with Gasteiger partial charge in [0, 0.05) is 18.6 Å². The molecule has 4 heteroatoms. The summed E-state index contributed by atoms with van der Waals surface area (Å²) in [6.07, 6.45) is 8.94. The number of rotatable bonds is 8. The average molecular weight is 341 g/mol. The van der Waals surface area contributed by atoms with Crippen LogP contribution in [0, 0.1) is 28.6 Å². The molecule has 4 atom stereocenters. The minimum absolute atomic E-state index is 0.0236. The lowest BCUT2D eigenvalue weighted by molar-refractivity contribution is -0.00499. The van der Waals surface area contributed by atoms with Gasteiger partial charge in [-0.25, -0.2) is 0 Å². The van der Waals surface area contributed by atoms with Crippen molar-refractivity contribution in [3.05, 3.63) is 11.6 Å². The Balaban J connectivity index is 2.22. The Hall–Kier alpha value is -0.420. The third-order valence-electron chi connectivity index (χ3n) is 7.02. The Morgan fingerprint density at radius 2 is 1.83 bits per heavy atom. The SMILES string of the molecule is CC1CC=C2C(CO)(CO)CCCC2(C)C1CCC(CO)CCO. The Kier molecular flexibility index (Phi) is 6.89. The Morgan fingerprint density at radius 3 is 2.42 bits per heavy atom. The maximum atomic E-state index is 10.0. The van der Waals surface area contributed by atoms with Gasteiger partial charge in [-0.15, -0.1) is 0 Å². The molecule has 0 aromatic heterocycles. The van der Waals surface area contributed by atoms with Gasteiger partial charge in [-0.1, -0.05) is 31.9 Å². The molecule has 0 aliphatic heterocycles. The fourth-order valence-electron chi connectivity index (χ4n) is 5.51. The summed E-state index contributed by atoms with van der Waals surface area (Å²) < 4.78 is 0. The molecule has 0 amide bonds. The summed E-state index contributed by atoms with van der Waals surface area (Å²) in [6, 6.07) is 0. The van der Waals surface area contributed by atoms with E-state index in [0.717, 1.165) is 38.5 Å². The van der Waals surface area contributed by atoms with Crippen molar-refractivity contribution in [2.24, 2.45) is 28.6 Å². The molecule has 0 heterocycles. The highest BCUT2D eigenvalue weighted by Gasteiger charge is 2.52. The number of aliphatic hydroxyl groups is 4.